The minimum Gasteiger partial charge on any atom is -0.465 e. The van der Waals surface area contributed by atoms with Gasteiger partial charge >= 0.3 is 11.9 Å². The first kappa shape index (κ1) is 25.4. The molecule has 5 saturated carbocycles. The predicted octanol–water partition coefficient (Wildman–Crippen LogP) is 3.93. The first-order valence-electron chi connectivity index (χ1n) is 13.8. The summed E-state index contributed by atoms with van der Waals surface area (Å²) in [5.74, 6) is 0.144. The van der Waals surface area contributed by atoms with Gasteiger partial charge in [-0.1, -0.05) is 6.42 Å². The maximum absolute atomic E-state index is 12.8. The van der Waals surface area contributed by atoms with E-state index in [2.05, 4.69) is 0 Å². The summed E-state index contributed by atoms with van der Waals surface area (Å²) in [5.41, 5.74) is -1.96. The van der Waals surface area contributed by atoms with Crippen LogP contribution in [-0.2, 0) is 33.6 Å². The van der Waals surface area contributed by atoms with Gasteiger partial charge in [-0.3, -0.25) is 9.59 Å². The third kappa shape index (κ3) is 3.94. The fourth-order valence-corrected chi connectivity index (χ4v) is 8.24. The number of aliphatic hydroxyl groups excluding tert-OH is 1. The van der Waals surface area contributed by atoms with Crippen molar-refractivity contribution in [3.05, 3.63) is 0 Å². The molecule has 3 unspecified atom stereocenters. The molecule has 1 spiro atoms. The number of esters is 2. The van der Waals surface area contributed by atoms with Crippen LogP contribution >= 0.6 is 0 Å². The van der Waals surface area contributed by atoms with Crippen molar-refractivity contribution in [2.24, 2.45) is 35.0 Å². The molecule has 0 aromatic carbocycles. The molecule has 6 aliphatic rings. The number of rotatable bonds is 9. The molecule has 35 heavy (non-hydrogen) atoms. The highest BCUT2D eigenvalue weighted by atomic mass is 17.3. The maximum atomic E-state index is 12.8. The summed E-state index contributed by atoms with van der Waals surface area (Å²) in [6.45, 7) is 5.52. The molecule has 3 atom stereocenters. The van der Waals surface area contributed by atoms with Crippen LogP contribution in [0.1, 0.15) is 85.0 Å². The normalized spacial score (nSPS) is 42.1. The van der Waals surface area contributed by atoms with E-state index in [1.165, 1.54) is 6.42 Å². The van der Waals surface area contributed by atoms with Gasteiger partial charge < -0.3 is 19.3 Å². The van der Waals surface area contributed by atoms with Crippen LogP contribution in [0, 0.1) is 35.0 Å². The molecule has 5 aliphatic carbocycles. The summed E-state index contributed by atoms with van der Waals surface area (Å²) < 4.78 is 17.2. The van der Waals surface area contributed by atoms with Crippen LogP contribution in [0.15, 0.2) is 0 Å². The van der Waals surface area contributed by atoms with E-state index in [0.717, 1.165) is 56.8 Å². The third-order valence-corrected chi connectivity index (χ3v) is 9.75. The number of aliphatic hydroxyl groups is 1. The third-order valence-electron chi connectivity index (χ3n) is 9.75. The van der Waals surface area contributed by atoms with E-state index in [-0.39, 0.29) is 38.3 Å². The van der Waals surface area contributed by atoms with Crippen LogP contribution in [0.3, 0.4) is 0 Å². The first-order valence-corrected chi connectivity index (χ1v) is 13.8. The van der Waals surface area contributed by atoms with E-state index >= 15 is 0 Å². The van der Waals surface area contributed by atoms with Crippen LogP contribution < -0.4 is 0 Å². The molecule has 6 rings (SSSR count). The molecule has 1 N–H and O–H groups in total. The standard InChI is InChI=1S/C27H42O8/c1-4-31-23(29)25(3,24(30)32-5-2)9-10-33-27(19-7-6-8-22(28)16-19)26(34-35-27)20-12-17-11-18(14-20)15-21(26)13-17/h17-22,28H,4-16H2,1-3H3. The SMILES string of the molecule is CCOC(=O)C(C)(CCOC1(C2CCCC(O)C2)OOC12C1CC3CC(C1)CC2C3)C(=O)OCC. The minimum absolute atomic E-state index is 0.00830. The summed E-state index contributed by atoms with van der Waals surface area (Å²) in [5, 5.41) is 10.5. The van der Waals surface area contributed by atoms with E-state index in [4.69, 9.17) is 24.0 Å². The number of carbonyl (C=O) groups excluding carboxylic acids is 2. The highest BCUT2D eigenvalue weighted by Crippen LogP contribution is 2.69. The van der Waals surface area contributed by atoms with Gasteiger partial charge in [0, 0.05) is 5.92 Å². The minimum atomic E-state index is -1.46. The van der Waals surface area contributed by atoms with Gasteiger partial charge in [0.1, 0.15) is 0 Å². The fourth-order valence-electron chi connectivity index (χ4n) is 8.24. The smallest absolute Gasteiger partial charge is 0.323 e. The zero-order valence-corrected chi connectivity index (χ0v) is 21.5. The average Bonchev–Trinajstić information content (AvgIpc) is 2.80. The van der Waals surface area contributed by atoms with Gasteiger partial charge in [0.05, 0.1) is 25.9 Å². The second kappa shape index (κ2) is 9.58. The molecule has 0 aromatic rings. The Morgan fingerprint density at radius 2 is 1.49 bits per heavy atom. The molecular formula is C27H42O8. The van der Waals surface area contributed by atoms with Gasteiger partial charge in [0.25, 0.3) is 0 Å². The van der Waals surface area contributed by atoms with Crippen molar-refractivity contribution in [1.29, 1.82) is 0 Å². The molecule has 0 radical (unpaired) electrons. The van der Waals surface area contributed by atoms with E-state index in [0.29, 0.717) is 18.3 Å². The Morgan fingerprint density at radius 3 is 1.97 bits per heavy atom. The van der Waals surface area contributed by atoms with Crippen molar-refractivity contribution >= 4 is 11.9 Å². The maximum Gasteiger partial charge on any atom is 0.323 e. The van der Waals surface area contributed by atoms with Gasteiger partial charge in [-0.25, -0.2) is 4.89 Å². The van der Waals surface area contributed by atoms with Crippen LogP contribution in [0.4, 0.5) is 0 Å². The number of ether oxygens (including phenoxy) is 3. The van der Waals surface area contributed by atoms with Crippen LogP contribution in [0.25, 0.3) is 0 Å². The van der Waals surface area contributed by atoms with Crippen molar-refractivity contribution in [2.75, 3.05) is 19.8 Å². The average molecular weight is 495 g/mol. The lowest BCUT2D eigenvalue weighted by Crippen LogP contribution is -2.81. The summed E-state index contributed by atoms with van der Waals surface area (Å²) in [6.07, 6.45) is 8.86. The molecule has 0 aromatic heterocycles. The van der Waals surface area contributed by atoms with Crippen LogP contribution in [-0.4, -0.2) is 54.4 Å². The Labute approximate surface area is 208 Å². The summed E-state index contributed by atoms with van der Waals surface area (Å²) in [4.78, 5) is 37.8. The zero-order valence-electron chi connectivity index (χ0n) is 21.5. The topological polar surface area (TPSA) is 101 Å². The largest absolute Gasteiger partial charge is 0.465 e. The van der Waals surface area contributed by atoms with E-state index in [1.54, 1.807) is 20.8 Å². The van der Waals surface area contributed by atoms with E-state index < -0.39 is 28.7 Å². The molecular weight excluding hydrogens is 452 g/mol. The van der Waals surface area contributed by atoms with Crippen molar-refractivity contribution in [2.45, 2.75) is 102 Å². The Hall–Kier alpha value is -1.22. The molecule has 0 amide bonds. The molecule has 198 valence electrons. The lowest BCUT2D eigenvalue weighted by molar-refractivity contribution is -0.649. The second-order valence-corrected chi connectivity index (χ2v) is 11.8. The highest BCUT2D eigenvalue weighted by molar-refractivity contribution is 5.99. The Bertz CT molecular complexity index is 765. The second-order valence-electron chi connectivity index (χ2n) is 11.8. The highest BCUT2D eigenvalue weighted by Gasteiger charge is 2.78. The molecule has 1 heterocycles. The molecule has 4 bridgehead atoms. The van der Waals surface area contributed by atoms with Gasteiger partial charge in [0.15, 0.2) is 11.0 Å². The van der Waals surface area contributed by atoms with Crippen molar-refractivity contribution in [3.63, 3.8) is 0 Å². The molecule has 8 nitrogen and oxygen atoms in total. The number of carbonyl (C=O) groups is 2. The summed E-state index contributed by atoms with van der Waals surface area (Å²) in [7, 11) is 0. The van der Waals surface area contributed by atoms with Crippen LogP contribution in [0.5, 0.6) is 0 Å². The van der Waals surface area contributed by atoms with Crippen molar-refractivity contribution < 1.29 is 38.7 Å². The lowest BCUT2D eigenvalue weighted by atomic mass is 9.46. The quantitative estimate of drug-likeness (QED) is 0.292. The predicted molar refractivity (Wildman–Crippen MR) is 125 cm³/mol. The Kier molecular flexibility index (Phi) is 6.96. The Morgan fingerprint density at radius 1 is 0.886 bits per heavy atom. The van der Waals surface area contributed by atoms with Crippen molar-refractivity contribution in [3.8, 4) is 0 Å². The van der Waals surface area contributed by atoms with Gasteiger partial charge in [-0.2, -0.15) is 4.89 Å². The molecule has 1 aliphatic heterocycles. The van der Waals surface area contributed by atoms with Gasteiger partial charge in [-0.05, 0) is 102 Å². The monoisotopic (exact) mass is 494 g/mol. The zero-order chi connectivity index (χ0) is 24.8. The van der Waals surface area contributed by atoms with E-state index in [1.807, 2.05) is 0 Å². The summed E-state index contributed by atoms with van der Waals surface area (Å²) >= 11 is 0. The number of hydrogen-bond acceptors (Lipinski definition) is 8. The number of hydrogen-bond donors (Lipinski definition) is 1. The van der Waals surface area contributed by atoms with Gasteiger partial charge in [0.2, 0.25) is 5.79 Å². The molecule has 1 saturated heterocycles. The lowest BCUT2D eigenvalue weighted by Gasteiger charge is -2.70. The summed E-state index contributed by atoms with van der Waals surface area (Å²) in [6, 6.07) is 0. The van der Waals surface area contributed by atoms with Gasteiger partial charge in [-0.15, -0.1) is 0 Å². The fraction of sp³-hybridized carbons (Fsp3) is 0.926. The van der Waals surface area contributed by atoms with Crippen LogP contribution in [0.2, 0.25) is 0 Å². The van der Waals surface area contributed by atoms with Crippen molar-refractivity contribution in [1.82, 2.24) is 0 Å². The Balaban J connectivity index is 1.40. The first-order chi connectivity index (χ1) is 16.8. The molecule has 8 heteroatoms. The molecule has 6 fully saturated rings. The van der Waals surface area contributed by atoms with E-state index in [9.17, 15) is 14.7 Å².